The Morgan fingerprint density at radius 3 is 2.44 bits per heavy atom. The van der Waals surface area contributed by atoms with E-state index in [-0.39, 0.29) is 37.7 Å². The van der Waals surface area contributed by atoms with E-state index in [1.54, 1.807) is 43.3 Å². The number of nitrogens with zero attached hydrogens (tertiary/aromatic N) is 2. The van der Waals surface area contributed by atoms with Gasteiger partial charge in [-0.3, -0.25) is 13.9 Å². The minimum atomic E-state index is -3.65. The molecule has 39 heavy (non-hydrogen) atoms. The van der Waals surface area contributed by atoms with Gasteiger partial charge in [-0.1, -0.05) is 42.6 Å². The van der Waals surface area contributed by atoms with E-state index < -0.39 is 16.1 Å². The Morgan fingerprint density at radius 1 is 1.05 bits per heavy atom. The summed E-state index contributed by atoms with van der Waals surface area (Å²) in [5.74, 6) is 0.458. The molecular weight excluding hydrogens is 565 g/mol. The quantitative estimate of drug-likeness (QED) is 0.336. The molecule has 0 saturated carbocycles. The Hall–Kier alpha value is -2.69. The molecule has 0 aliphatic carbocycles. The van der Waals surface area contributed by atoms with Crippen molar-refractivity contribution in [2.75, 3.05) is 36.9 Å². The number of fused-ring (bicyclic) bond motifs is 1. The van der Waals surface area contributed by atoms with Gasteiger partial charge >= 0.3 is 0 Å². The van der Waals surface area contributed by atoms with Crippen LogP contribution < -0.4 is 19.1 Å². The maximum absolute atomic E-state index is 13.4. The summed E-state index contributed by atoms with van der Waals surface area (Å²) in [6.45, 7) is 5.19. The zero-order valence-electron chi connectivity index (χ0n) is 22.4. The molecule has 0 unspecified atom stereocenters. The number of hydrogen-bond donors (Lipinski definition) is 1. The Kier molecular flexibility index (Phi) is 11.1. The first kappa shape index (κ1) is 30.8. The standard InChI is InChI=1S/C27H35Cl2N3O6S/c1-4-5-12-30-27(34)19(2)31(18-20-8-9-21(28)16-23(20)29)26(33)7-6-13-32(39(3,35)36)22-10-11-24-25(17-22)38-15-14-37-24/h8-11,16-17,19H,4-7,12-15,18H2,1-3H3,(H,30,34)/t19-/m1/s1. The van der Waals surface area contributed by atoms with Gasteiger partial charge in [0.1, 0.15) is 19.3 Å². The van der Waals surface area contributed by atoms with E-state index in [9.17, 15) is 18.0 Å². The Labute approximate surface area is 240 Å². The fraction of sp³-hybridized carbons (Fsp3) is 0.481. The maximum atomic E-state index is 13.4. The number of amides is 2. The van der Waals surface area contributed by atoms with Crippen LogP contribution in [0, 0.1) is 0 Å². The molecule has 2 aromatic carbocycles. The summed E-state index contributed by atoms with van der Waals surface area (Å²) in [6, 6.07) is 9.16. The Bertz CT molecular complexity index is 1270. The number of anilines is 1. The van der Waals surface area contributed by atoms with Crippen LogP contribution in [0.4, 0.5) is 5.69 Å². The zero-order chi connectivity index (χ0) is 28.6. The van der Waals surface area contributed by atoms with Gasteiger partial charge in [-0.2, -0.15) is 0 Å². The average Bonchev–Trinajstić information content (AvgIpc) is 2.89. The predicted molar refractivity (Wildman–Crippen MR) is 153 cm³/mol. The Balaban J connectivity index is 1.74. The molecule has 9 nitrogen and oxygen atoms in total. The number of unbranched alkanes of at least 4 members (excludes halogenated alkanes) is 1. The minimum absolute atomic E-state index is 0.0222. The van der Waals surface area contributed by atoms with Crippen LogP contribution in [-0.4, -0.2) is 63.7 Å². The fourth-order valence-electron chi connectivity index (χ4n) is 4.14. The molecule has 0 saturated heterocycles. The third-order valence-electron chi connectivity index (χ3n) is 6.32. The van der Waals surface area contributed by atoms with E-state index in [1.807, 2.05) is 6.92 Å². The lowest BCUT2D eigenvalue weighted by atomic mass is 10.1. The minimum Gasteiger partial charge on any atom is -0.486 e. The highest BCUT2D eigenvalue weighted by atomic mass is 35.5. The number of carbonyl (C=O) groups is 2. The molecule has 1 aliphatic rings. The van der Waals surface area contributed by atoms with Gasteiger partial charge in [0, 0.05) is 42.2 Å². The van der Waals surface area contributed by atoms with Crippen LogP contribution in [0.15, 0.2) is 36.4 Å². The van der Waals surface area contributed by atoms with Crippen molar-refractivity contribution in [2.24, 2.45) is 0 Å². The van der Waals surface area contributed by atoms with Crippen molar-refractivity contribution in [3.8, 4) is 11.5 Å². The van der Waals surface area contributed by atoms with Crippen molar-refractivity contribution in [3.05, 3.63) is 52.0 Å². The van der Waals surface area contributed by atoms with E-state index in [4.69, 9.17) is 32.7 Å². The summed E-state index contributed by atoms with van der Waals surface area (Å²) < 4.78 is 37.6. The van der Waals surface area contributed by atoms with Gasteiger partial charge < -0.3 is 19.7 Å². The third kappa shape index (κ3) is 8.65. The van der Waals surface area contributed by atoms with Gasteiger partial charge in [0.05, 0.1) is 11.9 Å². The van der Waals surface area contributed by atoms with E-state index in [1.165, 1.54) is 9.21 Å². The molecule has 0 bridgehead atoms. The van der Waals surface area contributed by atoms with E-state index in [0.29, 0.717) is 52.6 Å². The monoisotopic (exact) mass is 599 g/mol. The van der Waals surface area contributed by atoms with Crippen LogP contribution in [0.3, 0.4) is 0 Å². The molecule has 0 radical (unpaired) electrons. The first-order chi connectivity index (χ1) is 18.5. The molecule has 2 amide bonds. The number of hydrogen-bond acceptors (Lipinski definition) is 6. The first-order valence-corrected chi connectivity index (χ1v) is 15.5. The number of rotatable bonds is 13. The summed E-state index contributed by atoms with van der Waals surface area (Å²) in [7, 11) is -3.65. The molecule has 1 N–H and O–H groups in total. The lowest BCUT2D eigenvalue weighted by Crippen LogP contribution is -2.48. The van der Waals surface area contributed by atoms with Crippen molar-refractivity contribution in [2.45, 2.75) is 52.1 Å². The summed E-state index contributed by atoms with van der Waals surface area (Å²) in [4.78, 5) is 27.7. The number of carbonyl (C=O) groups excluding carboxylic acids is 2. The van der Waals surface area contributed by atoms with Crippen LogP contribution in [0.1, 0.15) is 45.1 Å². The van der Waals surface area contributed by atoms with Crippen LogP contribution in [0.5, 0.6) is 11.5 Å². The number of nitrogens with one attached hydrogen (secondary N) is 1. The highest BCUT2D eigenvalue weighted by molar-refractivity contribution is 7.92. The molecule has 12 heteroatoms. The summed E-state index contributed by atoms with van der Waals surface area (Å²) in [5.41, 5.74) is 1.07. The van der Waals surface area contributed by atoms with Crippen molar-refractivity contribution in [1.29, 1.82) is 0 Å². The lowest BCUT2D eigenvalue weighted by molar-refractivity contribution is -0.140. The van der Waals surface area contributed by atoms with E-state index in [2.05, 4.69) is 5.32 Å². The highest BCUT2D eigenvalue weighted by Gasteiger charge is 2.27. The predicted octanol–water partition coefficient (Wildman–Crippen LogP) is 4.64. The van der Waals surface area contributed by atoms with E-state index in [0.717, 1.165) is 19.1 Å². The molecule has 0 fully saturated rings. The lowest BCUT2D eigenvalue weighted by Gasteiger charge is -2.30. The van der Waals surface area contributed by atoms with Gasteiger partial charge in [-0.15, -0.1) is 0 Å². The SMILES string of the molecule is CCCCNC(=O)[C@@H](C)N(Cc1ccc(Cl)cc1Cl)C(=O)CCCN(c1ccc2c(c1)OCCO2)S(C)(=O)=O. The number of benzene rings is 2. The number of ether oxygens (including phenoxy) is 2. The molecular formula is C27H35Cl2N3O6S. The second-order valence-electron chi connectivity index (χ2n) is 9.34. The Morgan fingerprint density at radius 2 is 1.77 bits per heavy atom. The van der Waals surface area contributed by atoms with Crippen LogP contribution in [0.2, 0.25) is 10.0 Å². The van der Waals surface area contributed by atoms with Gasteiger partial charge in [0.2, 0.25) is 21.8 Å². The van der Waals surface area contributed by atoms with Crippen LogP contribution in [0.25, 0.3) is 0 Å². The van der Waals surface area contributed by atoms with Gasteiger partial charge in [-0.25, -0.2) is 8.42 Å². The van der Waals surface area contributed by atoms with Crippen molar-refractivity contribution in [3.63, 3.8) is 0 Å². The van der Waals surface area contributed by atoms with Crippen molar-refractivity contribution >= 4 is 50.7 Å². The molecule has 1 aliphatic heterocycles. The summed E-state index contributed by atoms with van der Waals surface area (Å²) in [6.07, 6.45) is 3.13. The third-order valence-corrected chi connectivity index (χ3v) is 8.10. The average molecular weight is 601 g/mol. The van der Waals surface area contributed by atoms with Crippen molar-refractivity contribution < 1.29 is 27.5 Å². The topological polar surface area (TPSA) is 105 Å². The summed E-state index contributed by atoms with van der Waals surface area (Å²) >= 11 is 12.4. The van der Waals surface area contributed by atoms with Gasteiger partial charge in [0.15, 0.2) is 11.5 Å². The highest BCUT2D eigenvalue weighted by Crippen LogP contribution is 2.35. The molecule has 1 atom stereocenters. The van der Waals surface area contributed by atoms with Crippen molar-refractivity contribution in [1.82, 2.24) is 10.2 Å². The number of sulfonamides is 1. The van der Waals surface area contributed by atoms with Crippen LogP contribution >= 0.6 is 23.2 Å². The first-order valence-electron chi connectivity index (χ1n) is 12.9. The molecule has 1 heterocycles. The fourth-order valence-corrected chi connectivity index (χ4v) is 5.57. The second-order valence-corrected chi connectivity index (χ2v) is 12.1. The summed E-state index contributed by atoms with van der Waals surface area (Å²) in [5, 5.41) is 3.73. The smallest absolute Gasteiger partial charge is 0.242 e. The molecule has 3 rings (SSSR count). The van der Waals surface area contributed by atoms with Gasteiger partial charge in [0.25, 0.3) is 0 Å². The van der Waals surface area contributed by atoms with E-state index >= 15 is 0 Å². The van der Waals surface area contributed by atoms with Crippen LogP contribution in [-0.2, 0) is 26.2 Å². The largest absolute Gasteiger partial charge is 0.486 e. The zero-order valence-corrected chi connectivity index (χ0v) is 24.7. The molecule has 0 aromatic heterocycles. The normalized spacial score (nSPS) is 13.5. The second kappa shape index (κ2) is 14.1. The molecule has 0 spiro atoms. The van der Waals surface area contributed by atoms with Gasteiger partial charge in [-0.05, 0) is 49.6 Å². The maximum Gasteiger partial charge on any atom is 0.242 e. The number of halogens is 2. The molecule has 2 aromatic rings. The molecule has 214 valence electrons.